The van der Waals surface area contributed by atoms with Crippen LogP contribution in [0.4, 0.5) is 0 Å². The van der Waals surface area contributed by atoms with Crippen LogP contribution in [-0.4, -0.2) is 30.4 Å². The van der Waals surface area contributed by atoms with Crippen LogP contribution in [-0.2, 0) is 9.31 Å². The van der Waals surface area contributed by atoms with E-state index in [-0.39, 0.29) is 11.2 Å². The lowest BCUT2D eigenvalue weighted by Gasteiger charge is -2.32. The van der Waals surface area contributed by atoms with Gasteiger partial charge < -0.3 is 14.0 Å². The second kappa shape index (κ2) is 5.66. The minimum atomic E-state index is -0.435. The molecule has 23 heavy (non-hydrogen) atoms. The maximum atomic E-state index is 6.18. The Hall–Kier alpha value is -1.85. The van der Waals surface area contributed by atoms with Crippen molar-refractivity contribution in [2.75, 3.05) is 7.11 Å². The van der Waals surface area contributed by atoms with Crippen LogP contribution in [0, 0.1) is 0 Å². The summed E-state index contributed by atoms with van der Waals surface area (Å²) in [4.78, 5) is 4.55. The first-order chi connectivity index (χ1) is 10.8. The third-order valence-electron chi connectivity index (χ3n) is 4.69. The molecule has 120 valence electrons. The summed E-state index contributed by atoms with van der Waals surface area (Å²) in [6.45, 7) is 8.20. The molecular formula is C18H22BNO3. The van der Waals surface area contributed by atoms with E-state index in [1.165, 1.54) is 0 Å². The van der Waals surface area contributed by atoms with Crippen LogP contribution in [0.5, 0.6) is 5.75 Å². The molecule has 1 aromatic heterocycles. The largest absolute Gasteiger partial charge is 0.497 e. The summed E-state index contributed by atoms with van der Waals surface area (Å²) >= 11 is 0. The van der Waals surface area contributed by atoms with Gasteiger partial charge in [-0.2, -0.15) is 0 Å². The van der Waals surface area contributed by atoms with Crippen LogP contribution < -0.4 is 10.2 Å². The zero-order chi connectivity index (χ0) is 16.7. The summed E-state index contributed by atoms with van der Waals surface area (Å²) in [5.74, 6) is 0.799. The van der Waals surface area contributed by atoms with Gasteiger partial charge in [-0.05, 0) is 45.9 Å². The molecule has 1 aliphatic rings. The Morgan fingerprint density at radius 3 is 2.35 bits per heavy atom. The minimum absolute atomic E-state index is 0.376. The average Bonchev–Trinajstić information content (AvgIpc) is 2.75. The maximum absolute atomic E-state index is 6.18. The Balaban J connectivity index is 2.02. The van der Waals surface area contributed by atoms with Gasteiger partial charge in [0.25, 0.3) is 0 Å². The summed E-state index contributed by atoms with van der Waals surface area (Å²) in [5, 5.41) is 0. The lowest BCUT2D eigenvalue weighted by atomic mass is 9.76. The molecule has 1 aliphatic heterocycles. The van der Waals surface area contributed by atoms with E-state index in [4.69, 9.17) is 14.0 Å². The zero-order valence-corrected chi connectivity index (χ0v) is 14.3. The standard InChI is InChI=1S/C18H22BNO3/c1-17(2)18(3,4)23-19(22-17)15-10-7-11-20-16(15)13-8-6-9-14(12-13)21-5/h6-12H,1-5H3. The smallest absolute Gasteiger partial charge is 0.497 e. The lowest BCUT2D eigenvalue weighted by molar-refractivity contribution is 0.00578. The molecule has 5 heteroatoms. The highest BCUT2D eigenvalue weighted by Gasteiger charge is 2.52. The predicted octanol–water partition coefficient (Wildman–Crippen LogP) is 3.06. The van der Waals surface area contributed by atoms with Crippen LogP contribution >= 0.6 is 0 Å². The molecule has 0 aliphatic carbocycles. The Labute approximate surface area is 137 Å². The van der Waals surface area contributed by atoms with E-state index < -0.39 is 7.12 Å². The number of hydrogen-bond acceptors (Lipinski definition) is 4. The lowest BCUT2D eigenvalue weighted by Crippen LogP contribution is -2.41. The van der Waals surface area contributed by atoms with E-state index >= 15 is 0 Å². The van der Waals surface area contributed by atoms with Gasteiger partial charge in [-0.25, -0.2) is 0 Å². The van der Waals surface area contributed by atoms with Crippen molar-refractivity contribution in [2.45, 2.75) is 38.9 Å². The second-order valence-corrected chi connectivity index (χ2v) is 6.76. The van der Waals surface area contributed by atoms with Crippen LogP contribution in [0.3, 0.4) is 0 Å². The minimum Gasteiger partial charge on any atom is -0.497 e. The van der Waals surface area contributed by atoms with Crippen LogP contribution in [0.1, 0.15) is 27.7 Å². The number of hydrogen-bond donors (Lipinski definition) is 0. The first-order valence-electron chi connectivity index (χ1n) is 7.79. The van der Waals surface area contributed by atoms with Crippen molar-refractivity contribution >= 4 is 12.6 Å². The molecular weight excluding hydrogens is 289 g/mol. The first kappa shape index (κ1) is 16.0. The number of methoxy groups -OCH3 is 1. The van der Waals surface area contributed by atoms with Gasteiger partial charge in [0, 0.05) is 17.2 Å². The average molecular weight is 311 g/mol. The van der Waals surface area contributed by atoms with Crippen molar-refractivity contribution in [3.63, 3.8) is 0 Å². The topological polar surface area (TPSA) is 40.6 Å². The molecule has 0 spiro atoms. The summed E-state index contributed by atoms with van der Waals surface area (Å²) in [5.41, 5.74) is 2.01. The van der Waals surface area contributed by atoms with Gasteiger partial charge >= 0.3 is 7.12 Å². The molecule has 2 heterocycles. The van der Waals surface area contributed by atoms with E-state index in [2.05, 4.69) is 32.7 Å². The van der Waals surface area contributed by atoms with Gasteiger partial charge in [-0.1, -0.05) is 18.2 Å². The highest BCUT2D eigenvalue weighted by Crippen LogP contribution is 2.37. The van der Waals surface area contributed by atoms with E-state index in [1.54, 1.807) is 13.3 Å². The van der Waals surface area contributed by atoms with E-state index in [9.17, 15) is 0 Å². The quantitative estimate of drug-likeness (QED) is 0.817. The van der Waals surface area contributed by atoms with E-state index in [0.29, 0.717) is 0 Å². The number of aromatic nitrogens is 1. The molecule has 0 bridgehead atoms. The first-order valence-corrected chi connectivity index (χ1v) is 7.79. The van der Waals surface area contributed by atoms with Gasteiger partial charge in [0.05, 0.1) is 24.0 Å². The maximum Gasteiger partial charge on any atom is 0.497 e. The van der Waals surface area contributed by atoms with Crippen LogP contribution in [0.15, 0.2) is 42.6 Å². The molecule has 0 radical (unpaired) electrons. The molecule has 1 aromatic carbocycles. The van der Waals surface area contributed by atoms with Crippen molar-refractivity contribution in [3.05, 3.63) is 42.6 Å². The number of nitrogens with zero attached hydrogens (tertiary/aromatic N) is 1. The molecule has 1 saturated heterocycles. The van der Waals surface area contributed by atoms with Crippen molar-refractivity contribution in [1.29, 1.82) is 0 Å². The van der Waals surface area contributed by atoms with Crippen molar-refractivity contribution in [1.82, 2.24) is 4.98 Å². The van der Waals surface area contributed by atoms with Gasteiger partial charge in [0.15, 0.2) is 0 Å². The molecule has 0 saturated carbocycles. The van der Waals surface area contributed by atoms with Gasteiger partial charge in [0.2, 0.25) is 0 Å². The van der Waals surface area contributed by atoms with Gasteiger partial charge in [0.1, 0.15) is 5.75 Å². The third kappa shape index (κ3) is 2.86. The Morgan fingerprint density at radius 2 is 1.70 bits per heavy atom. The fourth-order valence-corrected chi connectivity index (χ4v) is 2.59. The SMILES string of the molecule is COc1cccc(-c2ncccc2B2OC(C)(C)C(C)(C)O2)c1. The molecule has 0 atom stereocenters. The van der Waals surface area contributed by atoms with Crippen molar-refractivity contribution in [2.24, 2.45) is 0 Å². The molecule has 0 amide bonds. The molecule has 1 fully saturated rings. The summed E-state index contributed by atoms with van der Waals surface area (Å²) in [6.07, 6.45) is 1.78. The Morgan fingerprint density at radius 1 is 1.00 bits per heavy atom. The summed E-state index contributed by atoms with van der Waals surface area (Å²) < 4.78 is 17.7. The zero-order valence-electron chi connectivity index (χ0n) is 14.3. The predicted molar refractivity (Wildman–Crippen MR) is 91.9 cm³/mol. The fraction of sp³-hybridized carbons (Fsp3) is 0.389. The van der Waals surface area contributed by atoms with Crippen LogP contribution in [0.2, 0.25) is 0 Å². The van der Waals surface area contributed by atoms with Gasteiger partial charge in [-0.15, -0.1) is 0 Å². The summed E-state index contributed by atoms with van der Waals surface area (Å²) in [6, 6.07) is 11.8. The van der Waals surface area contributed by atoms with Crippen LogP contribution in [0.25, 0.3) is 11.3 Å². The van der Waals surface area contributed by atoms with Crippen molar-refractivity contribution in [3.8, 4) is 17.0 Å². The molecule has 4 nitrogen and oxygen atoms in total. The molecule has 2 aromatic rings. The third-order valence-corrected chi connectivity index (χ3v) is 4.69. The molecule has 0 unspecified atom stereocenters. The Kier molecular flexibility index (Phi) is 3.94. The van der Waals surface area contributed by atoms with E-state index in [0.717, 1.165) is 22.5 Å². The molecule has 0 N–H and O–H groups in total. The van der Waals surface area contributed by atoms with E-state index in [1.807, 2.05) is 36.4 Å². The summed E-state index contributed by atoms with van der Waals surface area (Å²) in [7, 11) is 1.22. The second-order valence-electron chi connectivity index (χ2n) is 6.76. The monoisotopic (exact) mass is 311 g/mol. The normalized spacial score (nSPS) is 18.9. The van der Waals surface area contributed by atoms with Crippen molar-refractivity contribution < 1.29 is 14.0 Å². The molecule has 3 rings (SSSR count). The number of pyridine rings is 1. The number of ether oxygens (including phenoxy) is 1. The highest BCUT2D eigenvalue weighted by atomic mass is 16.7. The fourth-order valence-electron chi connectivity index (χ4n) is 2.59. The number of benzene rings is 1. The Bertz CT molecular complexity index is 699. The number of rotatable bonds is 3. The van der Waals surface area contributed by atoms with Gasteiger partial charge in [-0.3, -0.25) is 4.98 Å². The highest BCUT2D eigenvalue weighted by molar-refractivity contribution is 6.63.